The van der Waals surface area contributed by atoms with E-state index in [-0.39, 0.29) is 0 Å². The largest absolute Gasteiger partial charge is 0.350 e. The maximum Gasteiger partial charge on any atom is 0.244 e. The van der Waals surface area contributed by atoms with Crippen molar-refractivity contribution in [2.24, 2.45) is 0 Å². The van der Waals surface area contributed by atoms with Gasteiger partial charge >= 0.3 is 0 Å². The lowest BCUT2D eigenvalue weighted by Crippen LogP contribution is -2.17. The first-order chi connectivity index (χ1) is 9.79. The molecule has 2 aromatic rings. The van der Waals surface area contributed by atoms with Crippen LogP contribution in [0.3, 0.4) is 0 Å². The Bertz CT molecular complexity index is 578. The van der Waals surface area contributed by atoms with Crippen LogP contribution in [0.15, 0.2) is 30.5 Å². The molecule has 5 heteroatoms. The molecule has 1 aliphatic rings. The Balaban J connectivity index is 1.70. The van der Waals surface area contributed by atoms with Crippen molar-refractivity contribution in [2.75, 3.05) is 10.6 Å². The Morgan fingerprint density at radius 3 is 2.85 bits per heavy atom. The predicted molar refractivity (Wildman–Crippen MR) is 80.2 cm³/mol. The van der Waals surface area contributed by atoms with Gasteiger partial charge in [0.2, 0.25) is 5.95 Å². The van der Waals surface area contributed by atoms with Gasteiger partial charge in [0.05, 0.1) is 6.20 Å². The van der Waals surface area contributed by atoms with Gasteiger partial charge in [0.15, 0.2) is 5.82 Å². The Kier molecular flexibility index (Phi) is 3.76. The predicted octanol–water partition coefficient (Wildman–Crippen LogP) is 3.28. The van der Waals surface area contributed by atoms with E-state index >= 15 is 0 Å². The monoisotopic (exact) mass is 269 g/mol. The lowest BCUT2D eigenvalue weighted by molar-refractivity contribution is 0.738. The average Bonchev–Trinajstić information content (AvgIpc) is 2.92. The summed E-state index contributed by atoms with van der Waals surface area (Å²) < 4.78 is 0. The molecule has 1 aliphatic carbocycles. The van der Waals surface area contributed by atoms with E-state index in [1.54, 1.807) is 6.20 Å². The van der Waals surface area contributed by atoms with Gasteiger partial charge in [-0.15, -0.1) is 5.10 Å². The highest BCUT2D eigenvalue weighted by atomic mass is 15.3. The SMILES string of the molecule is Cc1cccc(Nc2cnnc(NC3CCCC3)n2)c1. The summed E-state index contributed by atoms with van der Waals surface area (Å²) in [5, 5.41) is 14.7. The number of hydrogen-bond donors (Lipinski definition) is 2. The number of rotatable bonds is 4. The molecule has 0 aliphatic heterocycles. The standard InChI is InChI=1S/C15H19N5/c1-11-5-4-8-13(9-11)17-14-10-16-20-15(19-14)18-12-6-2-3-7-12/h4-5,8-10,12H,2-3,6-7H2,1H3,(H2,17,18,19,20). The third-order valence-electron chi connectivity index (χ3n) is 3.54. The van der Waals surface area contributed by atoms with E-state index in [0.717, 1.165) is 5.69 Å². The second-order valence-electron chi connectivity index (χ2n) is 5.29. The number of anilines is 3. The summed E-state index contributed by atoms with van der Waals surface area (Å²) in [4.78, 5) is 4.47. The van der Waals surface area contributed by atoms with Gasteiger partial charge in [-0.1, -0.05) is 25.0 Å². The van der Waals surface area contributed by atoms with Crippen molar-refractivity contribution >= 4 is 17.5 Å². The minimum absolute atomic E-state index is 0.492. The molecular weight excluding hydrogens is 250 g/mol. The summed E-state index contributed by atoms with van der Waals surface area (Å²) in [5.74, 6) is 1.32. The van der Waals surface area contributed by atoms with Crippen LogP contribution in [0.5, 0.6) is 0 Å². The van der Waals surface area contributed by atoms with Crippen LogP contribution >= 0.6 is 0 Å². The zero-order chi connectivity index (χ0) is 13.8. The van der Waals surface area contributed by atoms with Gasteiger partial charge in [0.1, 0.15) is 0 Å². The van der Waals surface area contributed by atoms with Gasteiger partial charge in [-0.25, -0.2) is 0 Å². The van der Waals surface area contributed by atoms with E-state index in [0.29, 0.717) is 17.8 Å². The molecule has 2 N–H and O–H groups in total. The number of aromatic nitrogens is 3. The molecular formula is C15H19N5. The minimum atomic E-state index is 0.492. The molecule has 5 nitrogen and oxygen atoms in total. The Morgan fingerprint density at radius 1 is 1.20 bits per heavy atom. The molecule has 1 aromatic heterocycles. The normalized spacial score (nSPS) is 15.2. The van der Waals surface area contributed by atoms with E-state index in [2.05, 4.69) is 44.9 Å². The van der Waals surface area contributed by atoms with E-state index < -0.39 is 0 Å². The number of hydrogen-bond acceptors (Lipinski definition) is 5. The highest BCUT2D eigenvalue weighted by Gasteiger charge is 2.15. The van der Waals surface area contributed by atoms with Gasteiger partial charge in [0, 0.05) is 11.7 Å². The van der Waals surface area contributed by atoms with E-state index in [4.69, 9.17) is 0 Å². The molecule has 0 bridgehead atoms. The molecule has 1 saturated carbocycles. The fraction of sp³-hybridized carbons (Fsp3) is 0.400. The molecule has 1 heterocycles. The summed E-state index contributed by atoms with van der Waals surface area (Å²) >= 11 is 0. The molecule has 0 saturated heterocycles. The second kappa shape index (κ2) is 5.86. The second-order valence-corrected chi connectivity index (χ2v) is 5.29. The highest BCUT2D eigenvalue weighted by molar-refractivity contribution is 5.56. The Labute approximate surface area is 118 Å². The van der Waals surface area contributed by atoms with Crippen LogP contribution in [0.2, 0.25) is 0 Å². The molecule has 0 radical (unpaired) electrons. The van der Waals surface area contributed by atoms with Crippen LogP contribution in [-0.4, -0.2) is 21.2 Å². The first kappa shape index (κ1) is 12.8. The first-order valence-electron chi connectivity index (χ1n) is 7.09. The van der Waals surface area contributed by atoms with Crippen molar-refractivity contribution in [1.82, 2.24) is 15.2 Å². The third-order valence-corrected chi connectivity index (χ3v) is 3.54. The first-order valence-corrected chi connectivity index (χ1v) is 7.09. The van der Waals surface area contributed by atoms with Crippen molar-refractivity contribution in [3.8, 4) is 0 Å². The molecule has 0 amide bonds. The van der Waals surface area contributed by atoms with Crippen LogP contribution in [0.25, 0.3) is 0 Å². The molecule has 20 heavy (non-hydrogen) atoms. The van der Waals surface area contributed by atoms with E-state index in [9.17, 15) is 0 Å². The van der Waals surface area contributed by atoms with Crippen molar-refractivity contribution in [3.63, 3.8) is 0 Å². The third kappa shape index (κ3) is 3.23. The number of nitrogens with one attached hydrogen (secondary N) is 2. The summed E-state index contributed by atoms with van der Waals surface area (Å²) in [6.45, 7) is 2.07. The fourth-order valence-corrected chi connectivity index (χ4v) is 2.55. The molecule has 0 atom stereocenters. The average molecular weight is 269 g/mol. The van der Waals surface area contributed by atoms with E-state index in [1.165, 1.54) is 31.2 Å². The molecule has 3 rings (SSSR count). The smallest absolute Gasteiger partial charge is 0.244 e. The van der Waals surface area contributed by atoms with Gasteiger partial charge in [0.25, 0.3) is 0 Å². The number of benzene rings is 1. The summed E-state index contributed by atoms with van der Waals surface area (Å²) in [7, 11) is 0. The minimum Gasteiger partial charge on any atom is -0.350 e. The Morgan fingerprint density at radius 2 is 2.05 bits per heavy atom. The van der Waals surface area contributed by atoms with Crippen LogP contribution in [-0.2, 0) is 0 Å². The zero-order valence-corrected chi connectivity index (χ0v) is 11.6. The lowest BCUT2D eigenvalue weighted by Gasteiger charge is -2.12. The molecule has 104 valence electrons. The van der Waals surface area contributed by atoms with Crippen molar-refractivity contribution in [1.29, 1.82) is 0 Å². The number of nitrogens with zero attached hydrogens (tertiary/aromatic N) is 3. The van der Waals surface area contributed by atoms with Gasteiger partial charge in [-0.2, -0.15) is 10.1 Å². The van der Waals surface area contributed by atoms with Crippen LogP contribution in [0, 0.1) is 6.92 Å². The topological polar surface area (TPSA) is 62.7 Å². The van der Waals surface area contributed by atoms with Crippen molar-refractivity contribution in [3.05, 3.63) is 36.0 Å². The summed E-state index contributed by atoms with van der Waals surface area (Å²) in [5.41, 5.74) is 2.22. The van der Waals surface area contributed by atoms with E-state index in [1.807, 2.05) is 12.1 Å². The summed E-state index contributed by atoms with van der Waals surface area (Å²) in [6.07, 6.45) is 6.60. The zero-order valence-electron chi connectivity index (χ0n) is 11.6. The van der Waals surface area contributed by atoms with Crippen LogP contribution in [0.4, 0.5) is 17.5 Å². The highest BCUT2D eigenvalue weighted by Crippen LogP contribution is 2.21. The van der Waals surface area contributed by atoms with Gasteiger partial charge in [-0.05, 0) is 37.5 Å². The molecule has 1 aromatic carbocycles. The maximum absolute atomic E-state index is 4.47. The number of aryl methyl sites for hydroxylation is 1. The van der Waals surface area contributed by atoms with Gasteiger partial charge in [-0.3, -0.25) is 0 Å². The maximum atomic E-state index is 4.47. The molecule has 0 unspecified atom stereocenters. The van der Waals surface area contributed by atoms with Crippen LogP contribution < -0.4 is 10.6 Å². The van der Waals surface area contributed by atoms with Gasteiger partial charge < -0.3 is 10.6 Å². The molecule has 1 fully saturated rings. The van der Waals surface area contributed by atoms with Crippen molar-refractivity contribution < 1.29 is 0 Å². The summed E-state index contributed by atoms with van der Waals surface area (Å²) in [6, 6.07) is 8.66. The fourth-order valence-electron chi connectivity index (χ4n) is 2.55. The lowest BCUT2D eigenvalue weighted by atomic mass is 10.2. The van der Waals surface area contributed by atoms with Crippen LogP contribution in [0.1, 0.15) is 31.2 Å². The Hall–Kier alpha value is -2.17. The quantitative estimate of drug-likeness (QED) is 0.892. The molecule has 0 spiro atoms. The van der Waals surface area contributed by atoms with Crippen molar-refractivity contribution in [2.45, 2.75) is 38.6 Å².